The fraction of sp³-hybridized carbons (Fsp3) is 0.467. The summed E-state index contributed by atoms with van der Waals surface area (Å²) in [5.74, 6) is 0. The molecule has 110 valence electrons. The maximum absolute atomic E-state index is 9.31. The molecule has 0 saturated heterocycles. The lowest BCUT2D eigenvalue weighted by Gasteiger charge is -2.23. The third-order valence-electron chi connectivity index (χ3n) is 4.09. The number of hydrogen-bond donors (Lipinski definition) is 2. The summed E-state index contributed by atoms with van der Waals surface area (Å²) in [7, 11) is 3.90. The van der Waals surface area contributed by atoms with Crippen LogP contribution in [0.5, 0.6) is 0 Å². The van der Waals surface area contributed by atoms with Crippen molar-refractivity contribution >= 4 is 16.3 Å². The van der Waals surface area contributed by atoms with E-state index in [9.17, 15) is 5.26 Å². The highest BCUT2D eigenvalue weighted by Gasteiger charge is 2.25. The minimum Gasteiger partial charge on any atom is -0.379 e. The zero-order valence-corrected chi connectivity index (χ0v) is 13.1. The quantitative estimate of drug-likeness (QED) is 0.907. The predicted octanol–water partition coefficient (Wildman–Crippen LogP) is 2.04. The van der Waals surface area contributed by atoms with Gasteiger partial charge in [0, 0.05) is 37.8 Å². The Labute approximate surface area is 128 Å². The number of anilines is 1. The number of nitrogens with one attached hydrogen (secondary N) is 2. The molecular weight excluding hydrogens is 282 g/mol. The number of rotatable bonds is 4. The van der Waals surface area contributed by atoms with Crippen molar-refractivity contribution in [3.8, 4) is 6.07 Å². The van der Waals surface area contributed by atoms with E-state index in [1.807, 2.05) is 31.2 Å². The van der Waals surface area contributed by atoms with Gasteiger partial charge in [-0.3, -0.25) is 0 Å². The number of aromatic nitrogens is 2. The van der Waals surface area contributed by atoms with Crippen LogP contribution in [0.25, 0.3) is 0 Å². The molecule has 1 unspecified atom stereocenters. The highest BCUT2D eigenvalue weighted by Crippen LogP contribution is 2.37. The molecular formula is C15H19N5S. The normalized spacial score (nSPS) is 17.3. The van der Waals surface area contributed by atoms with Crippen LogP contribution in [0.3, 0.4) is 0 Å². The Morgan fingerprint density at radius 1 is 1.57 bits per heavy atom. The SMILES string of the molecule is CNc1sc2c(c1C#N)CCC(NCc1cncn1C)C2. The monoisotopic (exact) mass is 301 g/mol. The molecule has 2 heterocycles. The Kier molecular flexibility index (Phi) is 3.95. The molecule has 0 spiro atoms. The van der Waals surface area contributed by atoms with Crippen molar-refractivity contribution < 1.29 is 0 Å². The van der Waals surface area contributed by atoms with E-state index < -0.39 is 0 Å². The lowest BCUT2D eigenvalue weighted by Crippen LogP contribution is -2.34. The van der Waals surface area contributed by atoms with Crippen molar-refractivity contribution in [1.29, 1.82) is 5.26 Å². The summed E-state index contributed by atoms with van der Waals surface area (Å²) in [5.41, 5.74) is 3.30. The van der Waals surface area contributed by atoms with Gasteiger partial charge < -0.3 is 15.2 Å². The summed E-state index contributed by atoms with van der Waals surface area (Å²) in [5, 5.41) is 17.1. The van der Waals surface area contributed by atoms with Gasteiger partial charge in [-0.25, -0.2) is 4.98 Å². The van der Waals surface area contributed by atoms with E-state index in [0.29, 0.717) is 6.04 Å². The fourth-order valence-corrected chi connectivity index (χ4v) is 4.09. The molecule has 6 heteroatoms. The molecule has 0 amide bonds. The van der Waals surface area contributed by atoms with Crippen molar-refractivity contribution in [2.75, 3.05) is 12.4 Å². The fourth-order valence-electron chi connectivity index (χ4n) is 2.86. The molecule has 1 aliphatic carbocycles. The van der Waals surface area contributed by atoms with Gasteiger partial charge in [0.2, 0.25) is 0 Å². The number of aryl methyl sites for hydroxylation is 1. The Bertz CT molecular complexity index is 679. The number of thiophene rings is 1. The third-order valence-corrected chi connectivity index (χ3v) is 5.36. The molecule has 2 aromatic rings. The molecule has 0 radical (unpaired) electrons. The van der Waals surface area contributed by atoms with Crippen LogP contribution in [-0.2, 0) is 26.4 Å². The van der Waals surface area contributed by atoms with E-state index in [2.05, 4.69) is 21.7 Å². The maximum Gasteiger partial charge on any atom is 0.107 e. The zero-order valence-electron chi connectivity index (χ0n) is 12.3. The van der Waals surface area contributed by atoms with Crippen LogP contribution >= 0.6 is 11.3 Å². The van der Waals surface area contributed by atoms with Crippen molar-refractivity contribution in [3.63, 3.8) is 0 Å². The Balaban J connectivity index is 1.69. The second kappa shape index (κ2) is 5.88. The van der Waals surface area contributed by atoms with Crippen LogP contribution in [0.4, 0.5) is 5.00 Å². The van der Waals surface area contributed by atoms with E-state index in [0.717, 1.165) is 36.4 Å². The van der Waals surface area contributed by atoms with Gasteiger partial charge in [0.1, 0.15) is 11.1 Å². The van der Waals surface area contributed by atoms with Gasteiger partial charge in [-0.2, -0.15) is 5.26 Å². The zero-order chi connectivity index (χ0) is 14.8. The first-order chi connectivity index (χ1) is 10.2. The first-order valence-corrected chi connectivity index (χ1v) is 7.95. The smallest absolute Gasteiger partial charge is 0.107 e. The summed E-state index contributed by atoms with van der Waals surface area (Å²) in [6.07, 6.45) is 6.81. The van der Waals surface area contributed by atoms with Crippen LogP contribution in [-0.4, -0.2) is 22.6 Å². The summed E-state index contributed by atoms with van der Waals surface area (Å²) >= 11 is 1.73. The second-order valence-corrected chi connectivity index (χ2v) is 6.49. The van der Waals surface area contributed by atoms with E-state index in [4.69, 9.17) is 0 Å². The van der Waals surface area contributed by atoms with Crippen molar-refractivity contribution in [2.24, 2.45) is 7.05 Å². The third kappa shape index (κ3) is 2.67. The highest BCUT2D eigenvalue weighted by molar-refractivity contribution is 7.16. The average molecular weight is 301 g/mol. The minimum absolute atomic E-state index is 0.474. The lowest BCUT2D eigenvalue weighted by molar-refractivity contribution is 0.455. The molecule has 21 heavy (non-hydrogen) atoms. The van der Waals surface area contributed by atoms with E-state index in [-0.39, 0.29) is 0 Å². The molecule has 1 aliphatic rings. The van der Waals surface area contributed by atoms with Crippen LogP contribution in [0.15, 0.2) is 12.5 Å². The molecule has 1 atom stereocenters. The number of imidazole rings is 1. The van der Waals surface area contributed by atoms with Gasteiger partial charge >= 0.3 is 0 Å². The largest absolute Gasteiger partial charge is 0.379 e. The molecule has 3 rings (SSSR count). The van der Waals surface area contributed by atoms with Gasteiger partial charge in [-0.05, 0) is 24.8 Å². The van der Waals surface area contributed by atoms with Gasteiger partial charge in [-0.1, -0.05) is 0 Å². The Morgan fingerprint density at radius 2 is 2.43 bits per heavy atom. The molecule has 2 aromatic heterocycles. The van der Waals surface area contributed by atoms with Gasteiger partial charge in [0.25, 0.3) is 0 Å². The Morgan fingerprint density at radius 3 is 3.10 bits per heavy atom. The maximum atomic E-state index is 9.31. The summed E-state index contributed by atoms with van der Waals surface area (Å²) < 4.78 is 2.04. The molecule has 0 bridgehead atoms. The number of fused-ring (bicyclic) bond motifs is 1. The number of nitrogens with zero attached hydrogens (tertiary/aromatic N) is 3. The van der Waals surface area contributed by atoms with Crippen LogP contribution < -0.4 is 10.6 Å². The molecule has 0 aliphatic heterocycles. The first kappa shape index (κ1) is 14.1. The van der Waals surface area contributed by atoms with E-state index >= 15 is 0 Å². The highest BCUT2D eigenvalue weighted by atomic mass is 32.1. The van der Waals surface area contributed by atoms with Gasteiger partial charge in [0.05, 0.1) is 17.6 Å². The van der Waals surface area contributed by atoms with Gasteiger partial charge in [-0.15, -0.1) is 11.3 Å². The Hall–Kier alpha value is -1.84. The number of nitriles is 1. The average Bonchev–Trinajstić information content (AvgIpc) is 3.07. The predicted molar refractivity (Wildman–Crippen MR) is 84.4 cm³/mol. The molecule has 0 fully saturated rings. The molecule has 5 nitrogen and oxygen atoms in total. The minimum atomic E-state index is 0.474. The number of hydrogen-bond acceptors (Lipinski definition) is 5. The second-order valence-electron chi connectivity index (χ2n) is 5.39. The summed E-state index contributed by atoms with van der Waals surface area (Å²) in [6.45, 7) is 0.839. The van der Waals surface area contributed by atoms with E-state index in [1.54, 1.807) is 11.3 Å². The van der Waals surface area contributed by atoms with Crippen LogP contribution in [0.2, 0.25) is 0 Å². The lowest BCUT2D eigenvalue weighted by atomic mass is 9.92. The summed E-state index contributed by atoms with van der Waals surface area (Å²) in [4.78, 5) is 5.49. The standard InChI is InChI=1S/C15H19N5S/c1-17-15-13(6-16)12-4-3-10(5-14(12)21-15)19-8-11-7-18-9-20(11)2/h7,9-10,17,19H,3-5,8H2,1-2H3. The topological polar surface area (TPSA) is 65.7 Å². The van der Waals surface area contributed by atoms with Crippen molar-refractivity contribution in [3.05, 3.63) is 34.2 Å². The molecule has 0 aromatic carbocycles. The van der Waals surface area contributed by atoms with Crippen LogP contribution in [0, 0.1) is 11.3 Å². The van der Waals surface area contributed by atoms with Crippen molar-refractivity contribution in [2.45, 2.75) is 31.8 Å². The van der Waals surface area contributed by atoms with Crippen molar-refractivity contribution in [1.82, 2.24) is 14.9 Å². The molecule has 0 saturated carbocycles. The van der Waals surface area contributed by atoms with E-state index in [1.165, 1.54) is 16.1 Å². The first-order valence-electron chi connectivity index (χ1n) is 7.14. The summed E-state index contributed by atoms with van der Waals surface area (Å²) in [6, 6.07) is 2.82. The van der Waals surface area contributed by atoms with Gasteiger partial charge in [0.15, 0.2) is 0 Å². The van der Waals surface area contributed by atoms with Crippen LogP contribution in [0.1, 0.15) is 28.1 Å². The molecule has 2 N–H and O–H groups in total.